The molecule has 4 atom stereocenters. The molecule has 0 heterocycles. The number of nitro groups is 1. The van der Waals surface area contributed by atoms with E-state index in [1.807, 2.05) is 0 Å². The van der Waals surface area contributed by atoms with Crippen molar-refractivity contribution >= 4 is 23.3 Å². The smallest absolute Gasteiger partial charge is 0.306 e. The van der Waals surface area contributed by atoms with Crippen LogP contribution >= 0.6 is 0 Å². The minimum Gasteiger partial charge on any atom is -0.456 e. The summed E-state index contributed by atoms with van der Waals surface area (Å²) < 4.78 is 5.15. The van der Waals surface area contributed by atoms with E-state index in [4.69, 9.17) is 4.74 Å². The second kappa shape index (κ2) is 6.84. The molecule has 4 saturated carbocycles. The van der Waals surface area contributed by atoms with Gasteiger partial charge >= 0.3 is 5.97 Å². The first-order chi connectivity index (χ1) is 13.3. The molecule has 28 heavy (non-hydrogen) atoms. The van der Waals surface area contributed by atoms with Crippen molar-refractivity contribution in [2.75, 3.05) is 11.9 Å². The third kappa shape index (κ3) is 3.73. The van der Waals surface area contributed by atoms with E-state index < -0.39 is 29.0 Å². The maximum Gasteiger partial charge on any atom is 0.306 e. The normalized spacial score (nSPS) is 32.8. The summed E-state index contributed by atoms with van der Waals surface area (Å²) in [5.41, 5.74) is -1.01. The Balaban J connectivity index is 1.32. The number of hydrogen-bond donors (Lipinski definition) is 2. The van der Waals surface area contributed by atoms with Crippen LogP contribution in [0.2, 0.25) is 0 Å². The van der Waals surface area contributed by atoms with E-state index in [-0.39, 0.29) is 23.2 Å². The molecule has 4 bridgehead atoms. The topological polar surface area (TPSA) is 119 Å². The number of nitrogens with one attached hydrogen (secondary N) is 1. The second-order valence-electron chi connectivity index (χ2n) is 8.85. The molecule has 0 radical (unpaired) electrons. The number of carbonyl (C=O) groups excluding carboxylic acids is 2. The van der Waals surface area contributed by atoms with Crippen LogP contribution in [0.3, 0.4) is 0 Å². The van der Waals surface area contributed by atoms with Gasteiger partial charge in [0.2, 0.25) is 0 Å². The monoisotopic (exact) mass is 388 g/mol. The van der Waals surface area contributed by atoms with Gasteiger partial charge in [-0.15, -0.1) is 0 Å². The fourth-order valence-electron chi connectivity index (χ4n) is 6.04. The number of carbonyl (C=O) groups is 2. The van der Waals surface area contributed by atoms with E-state index in [0.29, 0.717) is 18.3 Å². The molecule has 0 aliphatic heterocycles. The molecule has 4 fully saturated rings. The summed E-state index contributed by atoms with van der Waals surface area (Å²) in [6.45, 7) is -0.488. The molecule has 0 aromatic heterocycles. The molecule has 1 amide bonds. The van der Waals surface area contributed by atoms with Gasteiger partial charge in [-0.2, -0.15) is 0 Å². The molecule has 1 aromatic rings. The fourth-order valence-corrected chi connectivity index (χ4v) is 6.04. The van der Waals surface area contributed by atoms with Crippen LogP contribution in [0.5, 0.6) is 0 Å². The quantitative estimate of drug-likeness (QED) is 0.439. The van der Waals surface area contributed by atoms with E-state index in [9.17, 15) is 24.8 Å². The Hall–Kier alpha value is -2.48. The number of amides is 1. The average molecular weight is 388 g/mol. The number of hydrogen-bond acceptors (Lipinski definition) is 6. The fraction of sp³-hybridized carbons (Fsp3) is 0.600. The summed E-state index contributed by atoms with van der Waals surface area (Å²) in [7, 11) is 0. The van der Waals surface area contributed by atoms with Gasteiger partial charge < -0.3 is 15.2 Å². The van der Waals surface area contributed by atoms with Crippen molar-refractivity contribution in [2.24, 2.45) is 17.3 Å². The molecule has 2 N–H and O–H groups in total. The summed E-state index contributed by atoms with van der Waals surface area (Å²) in [4.78, 5) is 34.8. The highest BCUT2D eigenvalue weighted by atomic mass is 16.6. The maximum atomic E-state index is 12.4. The number of nitro benzene ring substituents is 1. The third-order valence-corrected chi connectivity index (χ3v) is 6.41. The van der Waals surface area contributed by atoms with Gasteiger partial charge in [0.1, 0.15) is 5.69 Å². The van der Waals surface area contributed by atoms with Crippen molar-refractivity contribution < 1.29 is 24.4 Å². The second-order valence-corrected chi connectivity index (χ2v) is 8.85. The van der Waals surface area contributed by atoms with Crippen molar-refractivity contribution in [1.82, 2.24) is 0 Å². The average Bonchev–Trinajstić information content (AvgIpc) is 2.57. The van der Waals surface area contributed by atoms with Gasteiger partial charge in [-0.3, -0.25) is 19.7 Å². The first-order valence-electron chi connectivity index (χ1n) is 9.67. The minimum atomic E-state index is -0.645. The molecule has 150 valence electrons. The van der Waals surface area contributed by atoms with Crippen molar-refractivity contribution in [3.8, 4) is 0 Å². The first kappa shape index (κ1) is 18.9. The molecular formula is C20H24N2O6. The predicted octanol–water partition coefficient (Wildman–Crippen LogP) is 2.80. The third-order valence-electron chi connectivity index (χ3n) is 6.41. The Morgan fingerprint density at radius 1 is 1.21 bits per heavy atom. The summed E-state index contributed by atoms with van der Waals surface area (Å²) in [5, 5.41) is 24.2. The molecule has 8 nitrogen and oxygen atoms in total. The molecule has 5 rings (SSSR count). The summed E-state index contributed by atoms with van der Waals surface area (Å²) in [6.07, 6.45) is 5.51. The SMILES string of the molecule is O=C(COC(=O)CC12C[C@@H]3C[C@@H](CC(O)(C3)C1)C2)Nc1ccccc1[N+](=O)[O-]. The number of esters is 1. The van der Waals surface area contributed by atoms with Gasteiger partial charge in [-0.05, 0) is 61.8 Å². The van der Waals surface area contributed by atoms with Gasteiger partial charge in [-0.1, -0.05) is 12.1 Å². The summed E-state index contributed by atoms with van der Waals surface area (Å²) >= 11 is 0. The highest BCUT2D eigenvalue weighted by Crippen LogP contribution is 2.62. The van der Waals surface area contributed by atoms with Crippen LogP contribution in [0.25, 0.3) is 0 Å². The van der Waals surface area contributed by atoms with Gasteiger partial charge in [-0.25, -0.2) is 0 Å². The molecule has 1 aromatic carbocycles. The number of aliphatic hydroxyl groups is 1. The van der Waals surface area contributed by atoms with Crippen LogP contribution in [0.15, 0.2) is 24.3 Å². The van der Waals surface area contributed by atoms with Crippen molar-refractivity contribution in [1.29, 1.82) is 0 Å². The molecule has 0 saturated heterocycles. The summed E-state index contributed by atoms with van der Waals surface area (Å²) in [6, 6.07) is 5.80. The zero-order chi connectivity index (χ0) is 19.9. The maximum absolute atomic E-state index is 12.4. The standard InChI is InChI=1S/C20H24N2O6/c23-17(21-15-3-1-2-4-16(15)22(26)27)11-28-18(24)10-19-6-13-5-14(7-19)9-20(25,8-13)12-19/h1-4,13-14,25H,5-12H2,(H,21,23)/t13-,14+,19?,20?. The van der Waals surface area contributed by atoms with Gasteiger partial charge in [0.25, 0.3) is 11.6 Å². The van der Waals surface area contributed by atoms with Gasteiger partial charge in [0.15, 0.2) is 6.61 Å². The lowest BCUT2D eigenvalue weighted by atomic mass is 9.47. The lowest BCUT2D eigenvalue weighted by molar-refractivity contribution is -0.383. The largest absolute Gasteiger partial charge is 0.456 e. The van der Waals surface area contributed by atoms with Gasteiger partial charge in [0, 0.05) is 6.07 Å². The predicted molar refractivity (Wildman–Crippen MR) is 99.4 cm³/mol. The lowest BCUT2D eigenvalue weighted by Crippen LogP contribution is -2.56. The van der Waals surface area contributed by atoms with Crippen LogP contribution in [0.4, 0.5) is 11.4 Å². The molecular weight excluding hydrogens is 364 g/mol. The zero-order valence-electron chi connectivity index (χ0n) is 15.6. The molecule has 2 unspecified atom stereocenters. The van der Waals surface area contributed by atoms with Crippen LogP contribution in [0.1, 0.15) is 44.9 Å². The van der Waals surface area contributed by atoms with Gasteiger partial charge in [0.05, 0.1) is 16.9 Å². The molecule has 8 heteroatoms. The number of ether oxygens (including phenoxy) is 1. The molecule has 0 spiro atoms. The number of rotatable bonds is 6. The number of para-hydroxylation sites is 2. The Labute approximate surface area is 162 Å². The molecule has 4 aliphatic rings. The number of anilines is 1. The minimum absolute atomic E-state index is 0.0665. The van der Waals surface area contributed by atoms with Crippen LogP contribution < -0.4 is 5.32 Å². The van der Waals surface area contributed by atoms with E-state index >= 15 is 0 Å². The van der Waals surface area contributed by atoms with E-state index in [2.05, 4.69) is 5.32 Å². The Bertz CT molecular complexity index is 809. The Kier molecular flexibility index (Phi) is 4.61. The lowest BCUT2D eigenvalue weighted by Gasteiger charge is -2.60. The highest BCUT2D eigenvalue weighted by Gasteiger charge is 2.57. The van der Waals surface area contributed by atoms with E-state index in [0.717, 1.165) is 32.1 Å². The van der Waals surface area contributed by atoms with E-state index in [1.54, 1.807) is 6.07 Å². The van der Waals surface area contributed by atoms with Crippen molar-refractivity contribution in [2.45, 2.75) is 50.5 Å². The number of nitrogens with zero attached hydrogens (tertiary/aromatic N) is 1. The number of benzene rings is 1. The van der Waals surface area contributed by atoms with E-state index in [1.165, 1.54) is 18.2 Å². The zero-order valence-corrected chi connectivity index (χ0v) is 15.6. The summed E-state index contributed by atoms with van der Waals surface area (Å²) in [5.74, 6) is -0.128. The Morgan fingerprint density at radius 2 is 1.89 bits per heavy atom. The Morgan fingerprint density at radius 3 is 2.54 bits per heavy atom. The van der Waals surface area contributed by atoms with Crippen molar-refractivity contribution in [3.05, 3.63) is 34.4 Å². The highest BCUT2D eigenvalue weighted by molar-refractivity contribution is 5.94. The van der Waals surface area contributed by atoms with Crippen LogP contribution in [0, 0.1) is 27.4 Å². The first-order valence-corrected chi connectivity index (χ1v) is 9.67. The van der Waals surface area contributed by atoms with Crippen molar-refractivity contribution in [3.63, 3.8) is 0 Å². The van der Waals surface area contributed by atoms with Crippen LogP contribution in [-0.4, -0.2) is 34.1 Å². The van der Waals surface area contributed by atoms with Crippen LogP contribution in [-0.2, 0) is 14.3 Å². The molecule has 4 aliphatic carbocycles.